The highest BCUT2D eigenvalue weighted by Gasteiger charge is 2.13. The number of aryl methyl sites for hydroxylation is 2. The van der Waals surface area contributed by atoms with Gasteiger partial charge in [-0.05, 0) is 32.9 Å². The van der Waals surface area contributed by atoms with Crippen molar-refractivity contribution < 1.29 is 8.78 Å². The number of nitrogens with zero attached hydrogens (tertiary/aromatic N) is 1. The van der Waals surface area contributed by atoms with Crippen LogP contribution in [0.3, 0.4) is 0 Å². The van der Waals surface area contributed by atoms with Crippen LogP contribution in [0.25, 0.3) is 0 Å². The van der Waals surface area contributed by atoms with Gasteiger partial charge in [-0.1, -0.05) is 0 Å². The lowest BCUT2D eigenvalue weighted by molar-refractivity contribution is 0.130. The molecule has 0 aliphatic heterocycles. The normalized spacial score (nSPS) is 13.0. The summed E-state index contributed by atoms with van der Waals surface area (Å²) in [6.07, 6.45) is -2.36. The van der Waals surface area contributed by atoms with Crippen LogP contribution in [0, 0.1) is 13.8 Å². The molecule has 14 heavy (non-hydrogen) atoms. The lowest BCUT2D eigenvalue weighted by Gasteiger charge is -2.14. The molecular weight excluding hydrogens is 186 g/mol. The molecule has 0 aliphatic rings. The monoisotopic (exact) mass is 200 g/mol. The van der Waals surface area contributed by atoms with Crippen molar-refractivity contribution in [2.45, 2.75) is 33.2 Å². The van der Waals surface area contributed by atoms with Crippen molar-refractivity contribution in [1.82, 2.24) is 4.98 Å². The molecule has 1 N–H and O–H groups in total. The second kappa shape index (κ2) is 4.35. The molecule has 2 nitrogen and oxygen atoms in total. The molecule has 4 heteroatoms. The first kappa shape index (κ1) is 10.9. The van der Waals surface area contributed by atoms with Crippen LogP contribution in [-0.2, 0) is 0 Å². The van der Waals surface area contributed by atoms with E-state index < -0.39 is 12.5 Å². The second-order valence-electron chi connectivity index (χ2n) is 3.41. The molecular formula is C10H14F2N2. The van der Waals surface area contributed by atoms with Crippen molar-refractivity contribution in [2.75, 3.05) is 5.32 Å². The fraction of sp³-hybridized carbons (Fsp3) is 0.500. The van der Waals surface area contributed by atoms with Crippen molar-refractivity contribution >= 4 is 5.69 Å². The Hall–Kier alpha value is -1.19. The predicted molar refractivity (Wildman–Crippen MR) is 52.8 cm³/mol. The number of pyridine rings is 1. The molecule has 1 rings (SSSR count). The van der Waals surface area contributed by atoms with Crippen LogP contribution in [0.4, 0.5) is 14.5 Å². The first-order valence-electron chi connectivity index (χ1n) is 4.49. The zero-order chi connectivity index (χ0) is 10.7. The van der Waals surface area contributed by atoms with Gasteiger partial charge in [0.05, 0.1) is 6.04 Å². The molecule has 0 fully saturated rings. The van der Waals surface area contributed by atoms with E-state index in [0.717, 1.165) is 11.4 Å². The van der Waals surface area contributed by atoms with E-state index in [4.69, 9.17) is 0 Å². The molecule has 1 aromatic heterocycles. The summed E-state index contributed by atoms with van der Waals surface area (Å²) in [6.45, 7) is 5.13. The third-order valence-electron chi connectivity index (χ3n) is 1.85. The van der Waals surface area contributed by atoms with Gasteiger partial charge in [0.1, 0.15) is 0 Å². The smallest absolute Gasteiger partial charge is 0.258 e. The second-order valence-corrected chi connectivity index (χ2v) is 3.41. The van der Waals surface area contributed by atoms with E-state index in [1.165, 1.54) is 6.92 Å². The largest absolute Gasteiger partial charge is 0.377 e. The number of anilines is 1. The topological polar surface area (TPSA) is 24.9 Å². The number of hydrogen-bond donors (Lipinski definition) is 1. The Kier molecular flexibility index (Phi) is 3.38. The van der Waals surface area contributed by atoms with Crippen LogP contribution in [0.15, 0.2) is 12.1 Å². The van der Waals surface area contributed by atoms with E-state index in [9.17, 15) is 8.78 Å². The number of nitrogens with one attached hydrogen (secondary N) is 1. The van der Waals surface area contributed by atoms with Crippen molar-refractivity contribution in [3.05, 3.63) is 23.5 Å². The number of hydrogen-bond acceptors (Lipinski definition) is 2. The summed E-state index contributed by atoms with van der Waals surface area (Å²) in [6, 6.07) is 2.67. The fourth-order valence-electron chi connectivity index (χ4n) is 1.24. The van der Waals surface area contributed by atoms with Crippen LogP contribution < -0.4 is 5.32 Å². The summed E-state index contributed by atoms with van der Waals surface area (Å²) in [5, 5.41) is 2.73. The van der Waals surface area contributed by atoms with Gasteiger partial charge >= 0.3 is 0 Å². The van der Waals surface area contributed by atoms with Crippen LogP contribution in [0.1, 0.15) is 18.3 Å². The molecule has 0 amide bonds. The number of halogens is 2. The van der Waals surface area contributed by atoms with Crippen molar-refractivity contribution in [3.63, 3.8) is 0 Å². The average Bonchev–Trinajstić information content (AvgIpc) is 2.01. The summed E-state index contributed by atoms with van der Waals surface area (Å²) in [5.41, 5.74) is 2.35. The van der Waals surface area contributed by atoms with Crippen LogP contribution >= 0.6 is 0 Å². The minimum Gasteiger partial charge on any atom is -0.377 e. The molecule has 1 unspecified atom stereocenters. The van der Waals surface area contributed by atoms with Gasteiger partial charge in [-0.2, -0.15) is 0 Å². The summed E-state index contributed by atoms with van der Waals surface area (Å²) in [4.78, 5) is 4.16. The van der Waals surface area contributed by atoms with Crippen LogP contribution in [-0.4, -0.2) is 17.5 Å². The molecule has 1 atom stereocenters. The minimum absolute atomic E-state index is 0.697. The summed E-state index contributed by atoms with van der Waals surface area (Å²) in [7, 11) is 0. The average molecular weight is 200 g/mol. The third kappa shape index (κ3) is 2.94. The van der Waals surface area contributed by atoms with Gasteiger partial charge in [-0.15, -0.1) is 0 Å². The molecule has 0 spiro atoms. The van der Waals surface area contributed by atoms with E-state index in [2.05, 4.69) is 10.3 Å². The lowest BCUT2D eigenvalue weighted by Crippen LogP contribution is -2.23. The number of rotatable bonds is 3. The number of aromatic nitrogens is 1. The summed E-state index contributed by atoms with van der Waals surface area (Å²) < 4.78 is 24.5. The highest BCUT2D eigenvalue weighted by molar-refractivity contribution is 5.45. The van der Waals surface area contributed by atoms with Gasteiger partial charge in [-0.25, -0.2) is 8.78 Å². The fourth-order valence-corrected chi connectivity index (χ4v) is 1.24. The molecule has 1 heterocycles. The maximum atomic E-state index is 12.2. The third-order valence-corrected chi connectivity index (χ3v) is 1.85. The zero-order valence-electron chi connectivity index (χ0n) is 8.51. The van der Waals surface area contributed by atoms with Crippen LogP contribution in [0.2, 0.25) is 0 Å². The quantitative estimate of drug-likeness (QED) is 0.811. The SMILES string of the molecule is Cc1cc(NC(C)C(F)F)cc(C)n1. The van der Waals surface area contributed by atoms with E-state index in [-0.39, 0.29) is 0 Å². The maximum absolute atomic E-state index is 12.2. The Labute approximate surface area is 82.4 Å². The van der Waals surface area contributed by atoms with Gasteiger partial charge < -0.3 is 5.32 Å². The predicted octanol–water partition coefficient (Wildman–Crippen LogP) is 2.76. The minimum atomic E-state index is -2.36. The Morgan fingerprint density at radius 3 is 2.14 bits per heavy atom. The molecule has 78 valence electrons. The number of alkyl halides is 2. The maximum Gasteiger partial charge on any atom is 0.258 e. The molecule has 1 aromatic rings. The molecule has 0 bridgehead atoms. The van der Waals surface area contributed by atoms with Gasteiger partial charge in [-0.3, -0.25) is 4.98 Å². The van der Waals surface area contributed by atoms with Crippen molar-refractivity contribution in [3.8, 4) is 0 Å². The molecule has 0 aliphatic carbocycles. The first-order valence-corrected chi connectivity index (χ1v) is 4.49. The molecule has 0 radical (unpaired) electrons. The highest BCUT2D eigenvalue weighted by atomic mass is 19.3. The van der Waals surface area contributed by atoms with Gasteiger partial charge in [0.25, 0.3) is 6.43 Å². The summed E-state index contributed by atoms with van der Waals surface area (Å²) in [5.74, 6) is 0. The van der Waals surface area contributed by atoms with Gasteiger partial charge in [0, 0.05) is 17.1 Å². The van der Waals surface area contributed by atoms with E-state index in [1.807, 2.05) is 13.8 Å². The summed E-state index contributed by atoms with van der Waals surface area (Å²) >= 11 is 0. The van der Waals surface area contributed by atoms with Gasteiger partial charge in [0.15, 0.2) is 0 Å². The highest BCUT2D eigenvalue weighted by Crippen LogP contribution is 2.14. The Bertz CT molecular complexity index is 293. The molecule has 0 saturated carbocycles. The van der Waals surface area contributed by atoms with E-state index in [1.54, 1.807) is 12.1 Å². The van der Waals surface area contributed by atoms with Crippen molar-refractivity contribution in [2.24, 2.45) is 0 Å². The standard InChI is InChI=1S/C10H14F2N2/c1-6-4-9(5-7(2)13-6)14-8(3)10(11)12/h4-5,8,10H,1-3H3,(H,13,14). The van der Waals surface area contributed by atoms with Crippen molar-refractivity contribution in [1.29, 1.82) is 0 Å². The van der Waals surface area contributed by atoms with Gasteiger partial charge in [0.2, 0.25) is 0 Å². The first-order chi connectivity index (χ1) is 6.49. The zero-order valence-corrected chi connectivity index (χ0v) is 8.51. The van der Waals surface area contributed by atoms with E-state index >= 15 is 0 Å². The molecule has 0 saturated heterocycles. The molecule has 0 aromatic carbocycles. The lowest BCUT2D eigenvalue weighted by atomic mass is 10.2. The van der Waals surface area contributed by atoms with Crippen LogP contribution in [0.5, 0.6) is 0 Å². The Morgan fingerprint density at radius 2 is 1.71 bits per heavy atom. The Morgan fingerprint density at radius 1 is 1.21 bits per heavy atom. The van der Waals surface area contributed by atoms with E-state index in [0.29, 0.717) is 5.69 Å². The Balaban J connectivity index is 2.76.